The van der Waals surface area contributed by atoms with Crippen molar-refractivity contribution >= 4 is 0 Å². The molecule has 0 amide bonds. The minimum absolute atomic E-state index is 3.56. The molecule has 1 fully saturated rings. The summed E-state index contributed by atoms with van der Waals surface area (Å²) < 4.78 is 119. The Bertz CT molecular complexity index is 464. The molecule has 0 atom stereocenters. The second-order valence-electron chi connectivity index (χ2n) is 2.75. The van der Waals surface area contributed by atoms with Crippen LogP contribution in [0.3, 0.4) is 0 Å². The molecule has 1 saturated heterocycles. The first kappa shape index (κ1) is 20.3. The van der Waals surface area contributed by atoms with Crippen molar-refractivity contribution < 1.29 is 135 Å². The Morgan fingerprint density at radius 3 is 0.600 bits per heavy atom. The van der Waals surface area contributed by atoms with Gasteiger partial charge < -0.3 is 0 Å². The van der Waals surface area contributed by atoms with Crippen molar-refractivity contribution in [1.82, 2.24) is 0 Å². The van der Waals surface area contributed by atoms with E-state index in [0.717, 1.165) is 0 Å². The Labute approximate surface area is 132 Å². The zero-order valence-corrected chi connectivity index (χ0v) is 19.5. The van der Waals surface area contributed by atoms with E-state index in [9.17, 15) is 16.3 Å². The van der Waals surface area contributed by atoms with Crippen molar-refractivity contribution in [2.24, 2.45) is 0 Å². The van der Waals surface area contributed by atoms with Crippen LogP contribution in [0.1, 0.15) is 0 Å². The molecular formula is H5Nb5O15. The summed E-state index contributed by atoms with van der Waals surface area (Å²) in [4.78, 5) is 0. The first-order valence-electron chi connectivity index (χ1n) is 3.74. The van der Waals surface area contributed by atoms with Crippen molar-refractivity contribution in [2.45, 2.75) is 0 Å². The fraction of sp³-hybridized carbons (Fsp3) is 0. The summed E-state index contributed by atoms with van der Waals surface area (Å²) in [5, 5.41) is 0. The Kier molecular flexibility index (Phi) is 6.42. The maximum atomic E-state index is 11.2. The third-order valence-electron chi connectivity index (χ3n) is 1.03. The van der Waals surface area contributed by atoms with Gasteiger partial charge in [-0.15, -0.1) is 0 Å². The molecule has 1 heterocycles. The topological polar surface area (TPSA) is 233 Å². The minimum atomic E-state index is -6.75. The molecule has 0 unspecified atom stereocenters. The van der Waals surface area contributed by atoms with Crippen LogP contribution in [0.15, 0.2) is 0 Å². The summed E-state index contributed by atoms with van der Waals surface area (Å²) in [6.45, 7) is 0. The van der Waals surface area contributed by atoms with Crippen molar-refractivity contribution in [3.8, 4) is 0 Å². The van der Waals surface area contributed by atoms with E-state index in [1.807, 2.05) is 0 Å². The standard InChI is InChI=1S/5Nb.5H2O.10O/h;;;;;5*1H2;;;;;;;;;;/q5*+1;;;;;;;;;;;;;;;/p-5. The van der Waals surface area contributed by atoms with E-state index in [1.54, 1.807) is 0 Å². The van der Waals surface area contributed by atoms with Gasteiger partial charge in [0.15, 0.2) is 0 Å². The van der Waals surface area contributed by atoms with E-state index < -0.39 is 91.5 Å². The second-order valence-corrected chi connectivity index (χ2v) is 28.1. The Hall–Kier alpha value is 2.30. The third kappa shape index (κ3) is 7.25. The fourth-order valence-corrected chi connectivity index (χ4v) is 38.3. The SMILES string of the molecule is [O]=[Nb]1([OH])[O][Nb](=[O])([OH])[O][Nb](=[O])([OH])[O][Nb](=[O])([OH])[O][Nb](=[O])([OH])[O]1. The third-order valence-corrected chi connectivity index (χ3v) is 36.1. The van der Waals surface area contributed by atoms with Crippen LogP contribution in [0.2, 0.25) is 0 Å². The van der Waals surface area contributed by atoms with E-state index >= 15 is 0 Å². The van der Waals surface area contributed by atoms with E-state index in [0.29, 0.717) is 0 Å². The molecule has 0 saturated carbocycles. The summed E-state index contributed by atoms with van der Waals surface area (Å²) in [5.41, 5.74) is 0. The van der Waals surface area contributed by atoms with Gasteiger partial charge >= 0.3 is 135 Å². The number of hydrogen-bond donors (Lipinski definition) is 5. The summed E-state index contributed by atoms with van der Waals surface area (Å²) in [6.07, 6.45) is 0. The van der Waals surface area contributed by atoms with Gasteiger partial charge in [0.1, 0.15) is 0 Å². The molecule has 15 nitrogen and oxygen atoms in total. The van der Waals surface area contributed by atoms with Crippen LogP contribution in [-0.4, -0.2) is 18.1 Å². The predicted octanol–water partition coefficient (Wildman–Crippen LogP) is -3.73. The van der Waals surface area contributed by atoms with Crippen molar-refractivity contribution in [3.05, 3.63) is 0 Å². The quantitative estimate of drug-likeness (QED) is 0.152. The molecule has 0 aromatic carbocycles. The molecule has 0 radical (unpaired) electrons. The van der Waals surface area contributed by atoms with Crippen molar-refractivity contribution in [3.63, 3.8) is 0 Å². The maximum absolute atomic E-state index is 11.2. The zero-order valence-electron chi connectivity index (χ0n) is 8.55. The molecule has 1 aliphatic rings. The van der Waals surface area contributed by atoms with Gasteiger partial charge in [0, 0.05) is 0 Å². The van der Waals surface area contributed by atoms with Gasteiger partial charge in [0.2, 0.25) is 0 Å². The normalized spacial score (nSPS) is 55.2. The van der Waals surface area contributed by atoms with E-state index in [2.05, 4.69) is 8.77 Å². The predicted molar refractivity (Wildman–Crippen MR) is 20.0 cm³/mol. The summed E-state index contributed by atoms with van der Waals surface area (Å²) in [7, 11) is 0. The van der Waals surface area contributed by atoms with Gasteiger partial charge in [0.25, 0.3) is 0 Å². The first-order valence-corrected chi connectivity index (χ1v) is 22.1. The summed E-state index contributed by atoms with van der Waals surface area (Å²) in [5.74, 6) is 0. The van der Waals surface area contributed by atoms with Gasteiger partial charge in [-0.05, 0) is 0 Å². The molecule has 0 aromatic heterocycles. The monoisotopic (exact) mass is 709 g/mol. The summed E-state index contributed by atoms with van der Waals surface area (Å²) >= 11 is -33.8. The number of rotatable bonds is 0. The van der Waals surface area contributed by atoms with Crippen LogP contribution < -0.4 is 0 Å². The Morgan fingerprint density at radius 1 is 0.400 bits per heavy atom. The Balaban J connectivity index is 3.33. The van der Waals surface area contributed by atoms with E-state index in [-0.39, 0.29) is 0 Å². The van der Waals surface area contributed by atoms with Crippen LogP contribution in [0, 0.1) is 0 Å². The number of hydrogen-bond acceptors (Lipinski definition) is 10. The van der Waals surface area contributed by atoms with Gasteiger partial charge in [0.05, 0.1) is 0 Å². The second kappa shape index (κ2) is 6.31. The molecule has 0 bridgehead atoms. The van der Waals surface area contributed by atoms with Crippen LogP contribution in [0.5, 0.6) is 0 Å². The molecule has 0 aliphatic carbocycles. The molecule has 0 spiro atoms. The average Bonchev–Trinajstić information content (AvgIpc) is 1.84. The molecule has 5 N–H and O–H groups in total. The zero-order chi connectivity index (χ0) is 16.0. The van der Waals surface area contributed by atoms with Gasteiger partial charge in [-0.25, -0.2) is 0 Å². The van der Waals surface area contributed by atoms with Crippen molar-refractivity contribution in [1.29, 1.82) is 0 Å². The first-order chi connectivity index (χ1) is 8.54. The fourth-order valence-electron chi connectivity index (χ4n) is 0.726. The Morgan fingerprint density at radius 2 is 0.500 bits per heavy atom. The summed E-state index contributed by atoms with van der Waals surface area (Å²) in [6, 6.07) is 0. The molecule has 1 aliphatic heterocycles. The van der Waals surface area contributed by atoms with E-state index in [1.165, 1.54) is 0 Å². The molecular weight excluding hydrogens is 705 g/mol. The van der Waals surface area contributed by atoms with Crippen LogP contribution in [0.25, 0.3) is 0 Å². The van der Waals surface area contributed by atoms with Gasteiger partial charge in [-0.2, -0.15) is 0 Å². The molecule has 1 rings (SSSR count). The van der Waals surface area contributed by atoms with Crippen LogP contribution in [0.4, 0.5) is 0 Å². The molecule has 0 aromatic rings. The van der Waals surface area contributed by atoms with Gasteiger partial charge in [-0.3, -0.25) is 0 Å². The molecule has 20 heteroatoms. The average molecular weight is 710 g/mol. The van der Waals surface area contributed by atoms with Crippen LogP contribution in [-0.2, 0) is 116 Å². The molecule has 20 heavy (non-hydrogen) atoms. The van der Waals surface area contributed by atoms with Gasteiger partial charge in [-0.1, -0.05) is 0 Å². The van der Waals surface area contributed by atoms with Crippen LogP contribution >= 0.6 is 0 Å². The van der Waals surface area contributed by atoms with E-state index in [4.69, 9.17) is 18.1 Å². The molecule has 120 valence electrons. The van der Waals surface area contributed by atoms with Crippen molar-refractivity contribution in [2.75, 3.05) is 0 Å².